The van der Waals surface area contributed by atoms with E-state index in [4.69, 9.17) is 0 Å². The molecule has 0 spiro atoms. The van der Waals surface area contributed by atoms with E-state index in [9.17, 15) is 14.4 Å². The molecule has 104 valence electrons. The van der Waals surface area contributed by atoms with Crippen molar-refractivity contribution in [3.63, 3.8) is 0 Å². The van der Waals surface area contributed by atoms with Crippen LogP contribution in [0.25, 0.3) is 0 Å². The fourth-order valence-corrected chi connectivity index (χ4v) is 1.53. The molecule has 1 aromatic rings. The number of amides is 2. The lowest BCUT2D eigenvalue weighted by atomic mass is 10.1. The Hall–Kier alpha value is -2.18. The molecule has 1 aromatic heterocycles. The molecular formula is C12H18N4O3. The van der Waals surface area contributed by atoms with Gasteiger partial charge in [-0.15, -0.1) is 0 Å². The van der Waals surface area contributed by atoms with Gasteiger partial charge in [-0.3, -0.25) is 14.4 Å². The van der Waals surface area contributed by atoms with Crippen molar-refractivity contribution in [1.82, 2.24) is 20.6 Å². The number of Topliss-reactive ketones (excluding diaryl/α,β-unsaturated/α-hetero) is 1. The van der Waals surface area contributed by atoms with E-state index in [1.54, 1.807) is 6.20 Å². The Kier molecular flexibility index (Phi) is 5.72. The van der Waals surface area contributed by atoms with Gasteiger partial charge in [0, 0.05) is 38.2 Å². The molecule has 1 heterocycles. The third kappa shape index (κ3) is 5.80. The molecule has 0 aliphatic heterocycles. The highest BCUT2D eigenvalue weighted by atomic mass is 16.2. The Morgan fingerprint density at radius 3 is 2.63 bits per heavy atom. The quantitative estimate of drug-likeness (QED) is 0.622. The topological polar surface area (TPSA) is 104 Å². The molecule has 0 fully saturated rings. The number of imidazole rings is 1. The van der Waals surface area contributed by atoms with Crippen molar-refractivity contribution >= 4 is 17.6 Å². The van der Waals surface area contributed by atoms with Crippen LogP contribution in [-0.4, -0.2) is 40.2 Å². The fraction of sp³-hybridized carbons (Fsp3) is 0.500. The van der Waals surface area contributed by atoms with E-state index in [2.05, 4.69) is 20.6 Å². The molecule has 1 atom stereocenters. The minimum Gasteiger partial charge on any atom is -0.356 e. The van der Waals surface area contributed by atoms with Crippen molar-refractivity contribution in [3.8, 4) is 0 Å². The molecule has 7 nitrogen and oxygen atoms in total. The van der Waals surface area contributed by atoms with Gasteiger partial charge in [0.15, 0.2) is 5.78 Å². The molecule has 0 aliphatic carbocycles. The zero-order valence-electron chi connectivity index (χ0n) is 11.0. The molecule has 0 bridgehead atoms. The normalized spacial score (nSPS) is 11.7. The molecule has 0 saturated heterocycles. The molecule has 0 saturated carbocycles. The van der Waals surface area contributed by atoms with Crippen molar-refractivity contribution in [1.29, 1.82) is 0 Å². The van der Waals surface area contributed by atoms with Crippen molar-refractivity contribution in [2.75, 3.05) is 6.54 Å². The molecule has 3 N–H and O–H groups in total. The van der Waals surface area contributed by atoms with Crippen molar-refractivity contribution in [2.45, 2.75) is 32.7 Å². The van der Waals surface area contributed by atoms with Crippen LogP contribution in [0.4, 0.5) is 0 Å². The summed E-state index contributed by atoms with van der Waals surface area (Å²) in [6.45, 7) is 3.07. The van der Waals surface area contributed by atoms with Gasteiger partial charge >= 0.3 is 0 Å². The summed E-state index contributed by atoms with van der Waals surface area (Å²) in [7, 11) is 0. The highest BCUT2D eigenvalue weighted by Crippen LogP contribution is 2.00. The van der Waals surface area contributed by atoms with E-state index in [0.717, 1.165) is 5.69 Å². The summed E-state index contributed by atoms with van der Waals surface area (Å²) in [5, 5.41) is 5.16. The SMILES string of the molecule is CC(=O)NCCC(=O)N[C@@H](Cc1cnc[nH]1)C(C)=O. The van der Waals surface area contributed by atoms with Gasteiger partial charge < -0.3 is 15.6 Å². The van der Waals surface area contributed by atoms with Crippen LogP contribution >= 0.6 is 0 Å². The summed E-state index contributed by atoms with van der Waals surface area (Å²) in [6, 6.07) is -0.578. The van der Waals surface area contributed by atoms with E-state index < -0.39 is 6.04 Å². The second-order valence-corrected chi connectivity index (χ2v) is 4.24. The maximum Gasteiger partial charge on any atom is 0.222 e. The number of H-pyrrole nitrogens is 1. The summed E-state index contributed by atoms with van der Waals surface area (Å²) >= 11 is 0. The number of carbonyl (C=O) groups excluding carboxylic acids is 3. The zero-order chi connectivity index (χ0) is 14.3. The van der Waals surface area contributed by atoms with Gasteiger partial charge in [-0.25, -0.2) is 4.98 Å². The smallest absolute Gasteiger partial charge is 0.222 e. The number of hydrogen-bond donors (Lipinski definition) is 3. The summed E-state index contributed by atoms with van der Waals surface area (Å²) < 4.78 is 0. The first-order valence-electron chi connectivity index (χ1n) is 6.00. The van der Waals surface area contributed by atoms with Crippen LogP contribution in [-0.2, 0) is 20.8 Å². The van der Waals surface area contributed by atoms with E-state index in [1.807, 2.05) is 0 Å². The van der Waals surface area contributed by atoms with Crippen LogP contribution in [0.1, 0.15) is 26.0 Å². The zero-order valence-corrected chi connectivity index (χ0v) is 11.0. The van der Waals surface area contributed by atoms with Gasteiger partial charge in [-0.2, -0.15) is 0 Å². The summed E-state index contributed by atoms with van der Waals surface area (Å²) in [4.78, 5) is 40.5. The number of ketones is 1. The van der Waals surface area contributed by atoms with Gasteiger partial charge in [0.1, 0.15) is 0 Å². The second kappa shape index (κ2) is 7.30. The monoisotopic (exact) mass is 266 g/mol. The van der Waals surface area contributed by atoms with E-state index in [-0.39, 0.29) is 30.6 Å². The first kappa shape index (κ1) is 14.9. The van der Waals surface area contributed by atoms with Crippen LogP contribution in [0.3, 0.4) is 0 Å². The summed E-state index contributed by atoms with van der Waals surface area (Å²) in [5.41, 5.74) is 0.780. The number of aromatic nitrogens is 2. The number of aromatic amines is 1. The summed E-state index contributed by atoms with van der Waals surface area (Å²) in [6.07, 6.45) is 3.65. The van der Waals surface area contributed by atoms with E-state index in [0.29, 0.717) is 6.42 Å². The number of hydrogen-bond acceptors (Lipinski definition) is 4. The first-order chi connectivity index (χ1) is 8.99. The highest BCUT2D eigenvalue weighted by Gasteiger charge is 2.17. The Morgan fingerprint density at radius 1 is 1.37 bits per heavy atom. The molecule has 19 heavy (non-hydrogen) atoms. The number of nitrogens with one attached hydrogen (secondary N) is 3. The van der Waals surface area contributed by atoms with Crippen LogP contribution in [0.15, 0.2) is 12.5 Å². The molecular weight excluding hydrogens is 248 g/mol. The van der Waals surface area contributed by atoms with Gasteiger partial charge in [0.2, 0.25) is 11.8 Å². The first-order valence-corrected chi connectivity index (χ1v) is 6.00. The summed E-state index contributed by atoms with van der Waals surface area (Å²) in [5.74, 6) is -0.579. The maximum absolute atomic E-state index is 11.6. The van der Waals surface area contributed by atoms with Gasteiger partial charge in [0.05, 0.1) is 12.4 Å². The molecule has 1 rings (SSSR count). The molecule has 0 aromatic carbocycles. The lowest BCUT2D eigenvalue weighted by Gasteiger charge is -2.15. The van der Waals surface area contributed by atoms with E-state index >= 15 is 0 Å². The maximum atomic E-state index is 11.6. The number of rotatable bonds is 7. The lowest BCUT2D eigenvalue weighted by Crippen LogP contribution is -2.42. The third-order valence-corrected chi connectivity index (χ3v) is 2.53. The molecule has 0 aliphatic rings. The Labute approximate surface area is 111 Å². The Balaban J connectivity index is 2.42. The number of carbonyl (C=O) groups is 3. The molecule has 0 unspecified atom stereocenters. The molecule has 0 radical (unpaired) electrons. The second-order valence-electron chi connectivity index (χ2n) is 4.24. The van der Waals surface area contributed by atoms with Crippen LogP contribution in [0, 0.1) is 0 Å². The van der Waals surface area contributed by atoms with E-state index in [1.165, 1.54) is 20.2 Å². The standard InChI is InChI=1S/C12H18N4O3/c1-8(17)11(5-10-6-13-7-15-10)16-12(19)3-4-14-9(2)18/h6-7,11H,3-5H2,1-2H3,(H,13,15)(H,14,18)(H,16,19)/t11-/m0/s1. The predicted molar refractivity (Wildman–Crippen MR) is 68.2 cm³/mol. The largest absolute Gasteiger partial charge is 0.356 e. The average Bonchev–Trinajstić information content (AvgIpc) is 2.80. The Morgan fingerprint density at radius 2 is 2.11 bits per heavy atom. The average molecular weight is 266 g/mol. The fourth-order valence-electron chi connectivity index (χ4n) is 1.53. The lowest BCUT2D eigenvalue weighted by molar-refractivity contribution is -0.127. The van der Waals surface area contributed by atoms with Gasteiger partial charge in [-0.05, 0) is 6.92 Å². The number of nitrogens with zero attached hydrogens (tertiary/aromatic N) is 1. The minimum atomic E-state index is -0.578. The van der Waals surface area contributed by atoms with Gasteiger partial charge in [0.25, 0.3) is 0 Å². The van der Waals surface area contributed by atoms with Crippen molar-refractivity contribution in [3.05, 3.63) is 18.2 Å². The molecule has 7 heteroatoms. The van der Waals surface area contributed by atoms with Crippen molar-refractivity contribution < 1.29 is 14.4 Å². The van der Waals surface area contributed by atoms with Crippen LogP contribution in [0.5, 0.6) is 0 Å². The van der Waals surface area contributed by atoms with Crippen molar-refractivity contribution in [2.24, 2.45) is 0 Å². The van der Waals surface area contributed by atoms with Crippen LogP contribution in [0.2, 0.25) is 0 Å². The minimum absolute atomic E-state index is 0.123. The predicted octanol–water partition coefficient (Wildman–Crippen LogP) is -0.448. The Bertz CT molecular complexity index is 442. The van der Waals surface area contributed by atoms with Gasteiger partial charge in [-0.1, -0.05) is 0 Å². The third-order valence-electron chi connectivity index (χ3n) is 2.53. The van der Waals surface area contributed by atoms with Crippen LogP contribution < -0.4 is 10.6 Å². The highest BCUT2D eigenvalue weighted by molar-refractivity contribution is 5.87. The molecule has 2 amide bonds.